The lowest BCUT2D eigenvalue weighted by Gasteiger charge is -2.38. The highest BCUT2D eigenvalue weighted by Gasteiger charge is 2.56. The Morgan fingerprint density at radius 2 is 1.83 bits per heavy atom. The van der Waals surface area contributed by atoms with Crippen LogP contribution in [0.4, 0.5) is 0 Å². The van der Waals surface area contributed by atoms with Gasteiger partial charge in [-0.15, -0.1) is 0 Å². The number of hydrogen-bond acceptors (Lipinski definition) is 1. The Morgan fingerprint density at radius 3 is 2.25 bits per heavy atom. The maximum absolute atomic E-state index is 5.54. The average Bonchev–Trinajstić information content (AvgIpc) is 2.38. The van der Waals surface area contributed by atoms with Gasteiger partial charge in [0.25, 0.3) is 0 Å². The summed E-state index contributed by atoms with van der Waals surface area (Å²) in [5.74, 6) is 3.35. The van der Waals surface area contributed by atoms with Crippen molar-refractivity contribution in [2.75, 3.05) is 0 Å². The van der Waals surface area contributed by atoms with Crippen LogP contribution in [-0.2, 0) is 0 Å². The third kappa shape index (κ3) is 0.810. The molecular weight excluding hydrogens is 164 g/mol. The predicted octanol–water partition coefficient (Wildman–Crippen LogP) is 3.30. The van der Waals surface area contributed by atoms with Gasteiger partial charge in [-0.25, -0.2) is 0 Å². The van der Waals surface area contributed by atoms with Gasteiger partial charge in [0.2, 0.25) is 0 Å². The van der Waals surface area contributed by atoms with Gasteiger partial charge in [-0.2, -0.15) is 0 Å². The highest BCUT2D eigenvalue weighted by molar-refractivity contribution is 7.80. The van der Waals surface area contributed by atoms with Gasteiger partial charge in [0.15, 0.2) is 0 Å². The average molecular weight is 182 g/mol. The van der Waals surface area contributed by atoms with Crippen LogP contribution < -0.4 is 0 Å². The fourth-order valence-corrected chi connectivity index (χ4v) is 3.86. The zero-order chi connectivity index (χ0) is 9.09. The molecule has 68 valence electrons. The maximum Gasteiger partial charge on any atom is 0.00214 e. The Morgan fingerprint density at radius 1 is 1.25 bits per heavy atom. The molecule has 4 atom stereocenters. The van der Waals surface area contributed by atoms with E-state index in [4.69, 9.17) is 12.2 Å². The zero-order valence-corrected chi connectivity index (χ0v) is 9.24. The summed E-state index contributed by atoms with van der Waals surface area (Å²) in [5.41, 5.74) is 0.353. The molecule has 0 N–H and O–H groups in total. The second kappa shape index (κ2) is 2.31. The number of hydrogen-bond donors (Lipinski definition) is 0. The van der Waals surface area contributed by atoms with E-state index in [0.29, 0.717) is 5.41 Å². The normalized spacial score (nSPS) is 50.2. The van der Waals surface area contributed by atoms with Crippen molar-refractivity contribution in [3.8, 4) is 0 Å². The van der Waals surface area contributed by atoms with E-state index in [1.165, 1.54) is 11.3 Å². The summed E-state index contributed by atoms with van der Waals surface area (Å²) in [6, 6.07) is 0. The molecule has 0 saturated heterocycles. The van der Waals surface area contributed by atoms with Gasteiger partial charge >= 0.3 is 0 Å². The van der Waals surface area contributed by atoms with E-state index >= 15 is 0 Å². The number of fused-ring (bicyclic) bond motifs is 2. The Bertz CT molecular complexity index is 229. The van der Waals surface area contributed by atoms with Crippen LogP contribution in [0.25, 0.3) is 0 Å². The second-order valence-electron chi connectivity index (χ2n) is 5.25. The summed E-state index contributed by atoms with van der Waals surface area (Å²) in [6.45, 7) is 9.44. The number of thiocarbonyl (C=S) groups is 1. The molecule has 2 saturated carbocycles. The standard InChI is InChI=1S/C11H18S/c1-6-7(2)9-5-8(6)10(12)11(9,3)4/h6-9H,5H2,1-4H3/t6-,7+,8+,9-/m1/s1. The van der Waals surface area contributed by atoms with Gasteiger partial charge < -0.3 is 0 Å². The first-order chi connectivity index (χ1) is 5.46. The van der Waals surface area contributed by atoms with Crippen LogP contribution in [0, 0.1) is 29.1 Å². The van der Waals surface area contributed by atoms with E-state index in [1.54, 1.807) is 0 Å². The maximum atomic E-state index is 5.54. The largest absolute Gasteiger partial charge is 0.0888 e. The zero-order valence-electron chi connectivity index (χ0n) is 8.42. The minimum atomic E-state index is 0.353. The lowest BCUT2D eigenvalue weighted by molar-refractivity contribution is 0.220. The molecule has 2 aliphatic rings. The molecule has 0 aromatic carbocycles. The molecule has 12 heavy (non-hydrogen) atoms. The molecule has 0 unspecified atom stereocenters. The Balaban J connectivity index is 2.36. The van der Waals surface area contributed by atoms with E-state index in [9.17, 15) is 0 Å². The SMILES string of the molecule is C[C@@H]1[C@H](C)[C@H]2C[C@@H]1C(=S)C2(C)C. The minimum Gasteiger partial charge on any atom is -0.0888 e. The molecule has 0 spiro atoms. The van der Waals surface area contributed by atoms with E-state index < -0.39 is 0 Å². The van der Waals surface area contributed by atoms with Gasteiger partial charge in [0.05, 0.1) is 0 Å². The van der Waals surface area contributed by atoms with E-state index in [-0.39, 0.29) is 0 Å². The van der Waals surface area contributed by atoms with Crippen LogP contribution in [0.2, 0.25) is 0 Å². The van der Waals surface area contributed by atoms with Crippen molar-refractivity contribution in [3.63, 3.8) is 0 Å². The summed E-state index contributed by atoms with van der Waals surface area (Å²) in [7, 11) is 0. The van der Waals surface area contributed by atoms with Gasteiger partial charge in [-0.05, 0) is 35.5 Å². The molecule has 0 aromatic rings. The van der Waals surface area contributed by atoms with Gasteiger partial charge in [0.1, 0.15) is 0 Å². The van der Waals surface area contributed by atoms with Gasteiger partial charge in [0, 0.05) is 4.86 Å². The molecule has 0 radical (unpaired) electrons. The molecule has 0 aromatic heterocycles. The Hall–Kier alpha value is 0.0900. The molecule has 2 fully saturated rings. The van der Waals surface area contributed by atoms with Crippen molar-refractivity contribution in [2.45, 2.75) is 34.1 Å². The molecule has 0 amide bonds. The molecule has 2 aliphatic carbocycles. The van der Waals surface area contributed by atoms with Crippen LogP contribution in [0.15, 0.2) is 0 Å². The van der Waals surface area contributed by atoms with Crippen molar-refractivity contribution in [1.29, 1.82) is 0 Å². The van der Waals surface area contributed by atoms with Crippen molar-refractivity contribution in [3.05, 3.63) is 0 Å². The second-order valence-corrected chi connectivity index (χ2v) is 5.69. The van der Waals surface area contributed by atoms with Crippen LogP contribution in [-0.4, -0.2) is 4.86 Å². The summed E-state index contributed by atoms with van der Waals surface area (Å²) < 4.78 is 0. The number of rotatable bonds is 0. The van der Waals surface area contributed by atoms with Crippen LogP contribution in [0.1, 0.15) is 34.1 Å². The molecule has 0 heterocycles. The van der Waals surface area contributed by atoms with Crippen molar-refractivity contribution in [2.24, 2.45) is 29.1 Å². The van der Waals surface area contributed by atoms with Crippen molar-refractivity contribution < 1.29 is 0 Å². The predicted molar refractivity (Wildman–Crippen MR) is 56.3 cm³/mol. The molecule has 0 aliphatic heterocycles. The minimum absolute atomic E-state index is 0.353. The van der Waals surface area contributed by atoms with Crippen molar-refractivity contribution in [1.82, 2.24) is 0 Å². The highest BCUT2D eigenvalue weighted by Crippen LogP contribution is 2.58. The lowest BCUT2D eigenvalue weighted by atomic mass is 9.68. The third-order valence-electron chi connectivity index (χ3n) is 4.51. The van der Waals surface area contributed by atoms with E-state index in [2.05, 4.69) is 27.7 Å². The molecule has 1 heteroatoms. The van der Waals surface area contributed by atoms with Crippen molar-refractivity contribution >= 4 is 17.1 Å². The highest BCUT2D eigenvalue weighted by atomic mass is 32.1. The van der Waals surface area contributed by atoms with E-state index in [0.717, 1.165) is 23.7 Å². The topological polar surface area (TPSA) is 0 Å². The van der Waals surface area contributed by atoms with Crippen LogP contribution >= 0.6 is 12.2 Å². The fraction of sp³-hybridized carbons (Fsp3) is 0.909. The third-order valence-corrected chi connectivity index (χ3v) is 5.33. The van der Waals surface area contributed by atoms with Gasteiger partial charge in [-0.3, -0.25) is 0 Å². The fourth-order valence-electron chi connectivity index (χ4n) is 3.39. The van der Waals surface area contributed by atoms with Gasteiger partial charge in [-0.1, -0.05) is 39.9 Å². The molecular formula is C11H18S. The molecule has 0 nitrogen and oxygen atoms in total. The molecule has 2 rings (SSSR count). The van der Waals surface area contributed by atoms with Crippen LogP contribution in [0.3, 0.4) is 0 Å². The summed E-state index contributed by atoms with van der Waals surface area (Å²) >= 11 is 5.54. The Kier molecular flexibility index (Phi) is 1.67. The smallest absolute Gasteiger partial charge is 0.00214 e. The quantitative estimate of drug-likeness (QED) is 0.518. The summed E-state index contributed by atoms with van der Waals surface area (Å²) in [6.07, 6.45) is 1.37. The molecule has 2 bridgehead atoms. The van der Waals surface area contributed by atoms with Crippen LogP contribution in [0.5, 0.6) is 0 Å². The Labute approximate surface area is 80.7 Å². The monoisotopic (exact) mass is 182 g/mol. The lowest BCUT2D eigenvalue weighted by Crippen LogP contribution is -2.37. The first-order valence-corrected chi connectivity index (χ1v) is 5.41. The first-order valence-electron chi connectivity index (χ1n) is 5.00. The summed E-state index contributed by atoms with van der Waals surface area (Å²) in [4.78, 5) is 1.36. The summed E-state index contributed by atoms with van der Waals surface area (Å²) in [5, 5.41) is 0. The van der Waals surface area contributed by atoms with E-state index in [1.807, 2.05) is 0 Å². The first kappa shape index (κ1) is 8.68.